The first-order valence-corrected chi connectivity index (χ1v) is 8.08. The quantitative estimate of drug-likeness (QED) is 0.536. The summed E-state index contributed by atoms with van der Waals surface area (Å²) in [6.07, 6.45) is 6.69. The Morgan fingerprint density at radius 3 is 2.63 bits per heavy atom. The maximum Gasteiger partial charge on any atom is 0.310 e. The highest BCUT2D eigenvalue weighted by atomic mass is 16.6. The summed E-state index contributed by atoms with van der Waals surface area (Å²) in [5.41, 5.74) is 3.73. The van der Waals surface area contributed by atoms with E-state index in [4.69, 9.17) is 4.42 Å². The Kier molecular flexibility index (Phi) is 4.10. The van der Waals surface area contributed by atoms with Gasteiger partial charge in [-0.3, -0.25) is 15.1 Å². The molecular formula is C20H13N3O4. The predicted molar refractivity (Wildman–Crippen MR) is 103 cm³/mol. The number of oxazole rings is 1. The van der Waals surface area contributed by atoms with Gasteiger partial charge in [0.1, 0.15) is 5.69 Å². The van der Waals surface area contributed by atoms with Crippen LogP contribution in [0, 0.1) is 10.1 Å². The number of hydrogen-bond donors (Lipinski definition) is 1. The van der Waals surface area contributed by atoms with Gasteiger partial charge in [-0.1, -0.05) is 18.2 Å². The number of non-ortho nitro benzene ring substituents is 1. The largest absolute Gasteiger partial charge is 0.479 e. The molecule has 0 spiro atoms. The number of aromatic nitrogens is 1. The van der Waals surface area contributed by atoms with Gasteiger partial charge in [-0.15, -0.1) is 0 Å². The predicted octanol–water partition coefficient (Wildman–Crippen LogP) is 4.72. The van der Waals surface area contributed by atoms with Crippen molar-refractivity contribution >= 4 is 41.4 Å². The normalized spacial score (nSPS) is 14.1. The van der Waals surface area contributed by atoms with Crippen molar-refractivity contribution in [2.45, 2.75) is 0 Å². The second kappa shape index (κ2) is 6.72. The van der Waals surface area contributed by atoms with E-state index < -0.39 is 4.92 Å². The second-order valence-electron chi connectivity index (χ2n) is 5.80. The Morgan fingerprint density at radius 2 is 1.85 bits per heavy atom. The first-order chi connectivity index (χ1) is 13.1. The van der Waals surface area contributed by atoms with E-state index in [1.165, 1.54) is 12.1 Å². The van der Waals surface area contributed by atoms with Crippen LogP contribution in [0.3, 0.4) is 0 Å². The Hall–Kier alpha value is -4.00. The molecule has 0 unspecified atom stereocenters. The molecule has 2 heterocycles. The van der Waals surface area contributed by atoms with Gasteiger partial charge in [0.25, 0.3) is 5.69 Å². The lowest BCUT2D eigenvalue weighted by atomic mass is 10.1. The van der Waals surface area contributed by atoms with Crippen LogP contribution in [0.4, 0.5) is 11.4 Å². The SMILES string of the molecule is O=[N+]([O-])c1ccc(/C=C/c2nc(/C=C3\C=Nc4ccccc43)c(O)o2)cc1. The molecule has 4 rings (SSSR count). The number of benzene rings is 2. The van der Waals surface area contributed by atoms with Crippen LogP contribution in [0.2, 0.25) is 0 Å². The van der Waals surface area contributed by atoms with Gasteiger partial charge in [0.2, 0.25) is 5.89 Å². The van der Waals surface area contributed by atoms with Crippen LogP contribution < -0.4 is 0 Å². The van der Waals surface area contributed by atoms with Gasteiger partial charge in [0, 0.05) is 35.6 Å². The van der Waals surface area contributed by atoms with Crippen molar-refractivity contribution in [1.29, 1.82) is 0 Å². The summed E-state index contributed by atoms with van der Waals surface area (Å²) in [6.45, 7) is 0. The van der Waals surface area contributed by atoms with Gasteiger partial charge in [-0.25, -0.2) is 4.98 Å². The monoisotopic (exact) mass is 359 g/mol. The first kappa shape index (κ1) is 16.5. The van der Waals surface area contributed by atoms with E-state index in [1.54, 1.807) is 36.6 Å². The molecule has 7 heteroatoms. The number of fused-ring (bicyclic) bond motifs is 1. The average molecular weight is 359 g/mol. The molecule has 0 atom stereocenters. The standard InChI is InChI=1S/C20H13N3O4/c24-20-18(11-14-12-21-17-4-2-1-3-16(14)17)22-19(27-20)10-7-13-5-8-15(9-6-13)23(25)26/h1-12,24H/b10-7+,14-11+. The fraction of sp³-hybridized carbons (Fsp3) is 0. The van der Waals surface area contributed by atoms with E-state index in [2.05, 4.69) is 9.98 Å². The zero-order chi connectivity index (χ0) is 18.8. The minimum atomic E-state index is -0.454. The molecule has 132 valence electrons. The molecule has 0 amide bonds. The van der Waals surface area contributed by atoms with Gasteiger partial charge < -0.3 is 9.52 Å². The maximum atomic E-state index is 10.7. The Morgan fingerprint density at radius 1 is 1.07 bits per heavy atom. The van der Waals surface area contributed by atoms with Crippen molar-refractivity contribution < 1.29 is 14.4 Å². The Labute approximate surface area is 153 Å². The van der Waals surface area contributed by atoms with Gasteiger partial charge in [-0.2, -0.15) is 0 Å². The number of rotatable bonds is 4. The molecule has 0 fully saturated rings. The Bertz CT molecular complexity index is 1110. The van der Waals surface area contributed by atoms with Crippen molar-refractivity contribution in [3.8, 4) is 5.95 Å². The molecule has 1 aliphatic rings. The van der Waals surface area contributed by atoms with E-state index in [9.17, 15) is 15.2 Å². The second-order valence-corrected chi connectivity index (χ2v) is 5.80. The van der Waals surface area contributed by atoms with Crippen LogP contribution in [0.15, 0.2) is 57.9 Å². The number of aliphatic imine (C=N–C) groups is 1. The lowest BCUT2D eigenvalue weighted by Crippen LogP contribution is -1.86. The third-order valence-corrected chi connectivity index (χ3v) is 4.02. The van der Waals surface area contributed by atoms with Crippen molar-refractivity contribution in [2.24, 2.45) is 4.99 Å². The number of allylic oxidation sites excluding steroid dienone is 1. The molecule has 27 heavy (non-hydrogen) atoms. The van der Waals surface area contributed by atoms with Crippen LogP contribution in [-0.2, 0) is 0 Å². The molecule has 0 radical (unpaired) electrons. The van der Waals surface area contributed by atoms with Crippen LogP contribution >= 0.6 is 0 Å². The van der Waals surface area contributed by atoms with E-state index >= 15 is 0 Å². The summed E-state index contributed by atoms with van der Waals surface area (Å²) in [4.78, 5) is 18.8. The van der Waals surface area contributed by atoms with Crippen molar-refractivity contribution in [2.75, 3.05) is 0 Å². The van der Waals surface area contributed by atoms with Gasteiger partial charge in [-0.05, 0) is 35.9 Å². The van der Waals surface area contributed by atoms with Crippen LogP contribution in [0.1, 0.15) is 22.7 Å². The van der Waals surface area contributed by atoms with Gasteiger partial charge in [0.15, 0.2) is 0 Å². The number of nitro benzene ring substituents is 1. The van der Waals surface area contributed by atoms with Crippen LogP contribution in [-0.4, -0.2) is 21.2 Å². The minimum absolute atomic E-state index is 0.0216. The molecule has 0 bridgehead atoms. The fourth-order valence-electron chi connectivity index (χ4n) is 2.68. The van der Waals surface area contributed by atoms with Crippen LogP contribution in [0.5, 0.6) is 5.95 Å². The van der Waals surface area contributed by atoms with E-state index in [1.807, 2.05) is 24.3 Å². The lowest BCUT2D eigenvalue weighted by molar-refractivity contribution is -0.384. The topological polar surface area (TPSA) is 102 Å². The van der Waals surface area contributed by atoms with Crippen LogP contribution in [0.25, 0.3) is 23.8 Å². The molecule has 1 aromatic heterocycles. The van der Waals surface area contributed by atoms with Gasteiger partial charge >= 0.3 is 5.95 Å². The van der Waals surface area contributed by atoms with Crippen molar-refractivity contribution in [3.05, 3.63) is 81.4 Å². The number of nitrogens with zero attached hydrogens (tertiary/aromatic N) is 3. The third-order valence-electron chi connectivity index (χ3n) is 4.02. The van der Waals surface area contributed by atoms with E-state index in [0.29, 0.717) is 5.69 Å². The average Bonchev–Trinajstić information content (AvgIpc) is 3.24. The number of para-hydroxylation sites is 1. The highest BCUT2D eigenvalue weighted by Crippen LogP contribution is 2.33. The molecule has 7 nitrogen and oxygen atoms in total. The summed E-state index contributed by atoms with van der Waals surface area (Å²) >= 11 is 0. The maximum absolute atomic E-state index is 10.7. The highest BCUT2D eigenvalue weighted by molar-refractivity contribution is 6.21. The third kappa shape index (κ3) is 3.38. The minimum Gasteiger partial charge on any atom is -0.479 e. The molecule has 3 aromatic rings. The van der Waals surface area contributed by atoms with Crippen molar-refractivity contribution in [1.82, 2.24) is 4.98 Å². The summed E-state index contributed by atoms with van der Waals surface area (Å²) in [7, 11) is 0. The summed E-state index contributed by atoms with van der Waals surface area (Å²) < 4.78 is 5.26. The zero-order valence-electron chi connectivity index (χ0n) is 13.9. The van der Waals surface area contributed by atoms with E-state index in [0.717, 1.165) is 22.4 Å². The Balaban J connectivity index is 1.56. The molecule has 1 N–H and O–H groups in total. The smallest absolute Gasteiger partial charge is 0.310 e. The molecule has 2 aromatic carbocycles. The lowest BCUT2D eigenvalue weighted by Gasteiger charge is -1.97. The zero-order valence-corrected chi connectivity index (χ0v) is 13.9. The first-order valence-electron chi connectivity index (χ1n) is 8.08. The number of hydrogen-bond acceptors (Lipinski definition) is 6. The number of aromatic hydroxyl groups is 1. The molecular weight excluding hydrogens is 346 g/mol. The number of nitro groups is 1. The summed E-state index contributed by atoms with van der Waals surface area (Å²) in [5.74, 6) is -0.0652. The molecule has 0 saturated heterocycles. The van der Waals surface area contributed by atoms with E-state index in [-0.39, 0.29) is 17.5 Å². The highest BCUT2D eigenvalue weighted by Gasteiger charge is 2.14. The van der Waals surface area contributed by atoms with Crippen molar-refractivity contribution in [3.63, 3.8) is 0 Å². The fourth-order valence-corrected chi connectivity index (χ4v) is 2.68. The summed E-state index contributed by atoms with van der Waals surface area (Å²) in [5, 5.41) is 20.7. The summed E-state index contributed by atoms with van der Waals surface area (Å²) in [6, 6.07) is 13.8. The molecule has 0 aliphatic carbocycles. The molecule has 0 saturated carbocycles. The van der Waals surface area contributed by atoms with Gasteiger partial charge in [0.05, 0.1) is 10.6 Å². The molecule has 1 aliphatic heterocycles.